The molecular formula is C35H42F3N7O5. The molecule has 1 saturated carbocycles. The topological polar surface area (TPSA) is 144 Å². The number of carbonyl (C=O) groups is 2. The molecule has 4 aromatic rings. The number of fused-ring (bicyclic) bond motifs is 1. The number of H-pyrrole nitrogens is 1. The summed E-state index contributed by atoms with van der Waals surface area (Å²) in [5.41, 5.74) is 1.44. The number of aryl methyl sites for hydroxylation is 1. The SMILES string of the molecule is CCOCC1(CN(C)c2cc(-c3cnc(OCC)c(C(F)(F)F)c3)nc3nc(NC(=O)c4ccc(CCC(=O)OCC)cn4)[nH]c23)CCCC1. The molecule has 2 N–H and O–H groups in total. The third-order valence-corrected chi connectivity index (χ3v) is 8.65. The number of hydrogen-bond donors (Lipinski definition) is 2. The number of alkyl halides is 3. The number of ether oxygens (including phenoxy) is 3. The number of hydrogen-bond acceptors (Lipinski definition) is 10. The smallest absolute Gasteiger partial charge is 0.421 e. The molecule has 1 aliphatic carbocycles. The van der Waals surface area contributed by atoms with Gasteiger partial charge in [-0.15, -0.1) is 0 Å². The van der Waals surface area contributed by atoms with Gasteiger partial charge in [-0.2, -0.15) is 18.2 Å². The largest absolute Gasteiger partial charge is 0.478 e. The number of nitrogens with zero attached hydrogens (tertiary/aromatic N) is 5. The quantitative estimate of drug-likeness (QED) is 0.130. The lowest BCUT2D eigenvalue weighted by molar-refractivity contribution is -0.143. The molecule has 0 atom stereocenters. The maximum atomic E-state index is 14.0. The Morgan fingerprint density at radius 1 is 1.02 bits per heavy atom. The average Bonchev–Trinajstić information content (AvgIpc) is 3.73. The lowest BCUT2D eigenvalue weighted by atomic mass is 9.86. The van der Waals surface area contributed by atoms with Gasteiger partial charge in [0.1, 0.15) is 16.8 Å². The molecule has 1 amide bonds. The molecule has 4 heterocycles. The van der Waals surface area contributed by atoms with Gasteiger partial charge in [0, 0.05) is 50.0 Å². The Balaban J connectivity index is 1.48. The summed E-state index contributed by atoms with van der Waals surface area (Å²) in [4.78, 5) is 47.4. The van der Waals surface area contributed by atoms with E-state index in [4.69, 9.17) is 14.2 Å². The fourth-order valence-electron chi connectivity index (χ4n) is 6.26. The fourth-order valence-corrected chi connectivity index (χ4v) is 6.26. The van der Waals surface area contributed by atoms with Crippen LogP contribution in [-0.4, -0.2) is 76.8 Å². The minimum atomic E-state index is -4.71. The number of carbonyl (C=O) groups excluding carboxylic acids is 2. The highest BCUT2D eigenvalue weighted by molar-refractivity contribution is 6.03. The number of esters is 1. The predicted molar refractivity (Wildman–Crippen MR) is 181 cm³/mol. The number of nitrogens with one attached hydrogen (secondary N) is 2. The molecule has 50 heavy (non-hydrogen) atoms. The summed E-state index contributed by atoms with van der Waals surface area (Å²) in [7, 11) is 1.91. The van der Waals surface area contributed by atoms with Crippen molar-refractivity contribution >= 4 is 34.7 Å². The van der Waals surface area contributed by atoms with E-state index in [0.29, 0.717) is 44.0 Å². The van der Waals surface area contributed by atoms with Gasteiger partial charge in [-0.05, 0) is 63.8 Å². The second-order valence-electron chi connectivity index (χ2n) is 12.3. The molecule has 1 aliphatic rings. The molecule has 268 valence electrons. The lowest BCUT2D eigenvalue weighted by Gasteiger charge is -2.34. The third kappa shape index (κ3) is 8.67. The summed E-state index contributed by atoms with van der Waals surface area (Å²) < 4.78 is 58.1. The van der Waals surface area contributed by atoms with Gasteiger partial charge in [0.2, 0.25) is 11.8 Å². The number of aromatic amines is 1. The molecule has 5 rings (SSSR count). The van der Waals surface area contributed by atoms with Crippen molar-refractivity contribution in [2.75, 3.05) is 50.2 Å². The summed E-state index contributed by atoms with van der Waals surface area (Å²) in [5, 5.41) is 2.72. The van der Waals surface area contributed by atoms with Crippen LogP contribution in [0.15, 0.2) is 36.7 Å². The van der Waals surface area contributed by atoms with Crippen LogP contribution in [0, 0.1) is 5.41 Å². The van der Waals surface area contributed by atoms with Gasteiger partial charge < -0.3 is 24.1 Å². The van der Waals surface area contributed by atoms with E-state index >= 15 is 0 Å². The molecule has 1 fully saturated rings. The highest BCUT2D eigenvalue weighted by Crippen LogP contribution is 2.42. The molecule has 0 saturated heterocycles. The number of anilines is 2. The van der Waals surface area contributed by atoms with Crippen LogP contribution in [0.2, 0.25) is 0 Å². The van der Waals surface area contributed by atoms with Crippen LogP contribution >= 0.6 is 0 Å². The minimum absolute atomic E-state index is 0.0228. The lowest BCUT2D eigenvalue weighted by Crippen LogP contribution is -2.37. The molecule has 0 radical (unpaired) electrons. The van der Waals surface area contributed by atoms with E-state index < -0.39 is 23.5 Å². The van der Waals surface area contributed by atoms with Crippen molar-refractivity contribution < 1.29 is 37.0 Å². The van der Waals surface area contributed by atoms with Gasteiger partial charge in [0.15, 0.2) is 5.65 Å². The molecular weight excluding hydrogens is 655 g/mol. The highest BCUT2D eigenvalue weighted by Gasteiger charge is 2.37. The van der Waals surface area contributed by atoms with E-state index in [1.807, 2.05) is 18.9 Å². The number of aromatic nitrogens is 5. The summed E-state index contributed by atoms with van der Waals surface area (Å²) in [6.45, 7) is 7.42. The van der Waals surface area contributed by atoms with Gasteiger partial charge in [-0.25, -0.2) is 9.97 Å². The second kappa shape index (κ2) is 15.8. The van der Waals surface area contributed by atoms with Crippen LogP contribution in [0.5, 0.6) is 5.88 Å². The zero-order valence-corrected chi connectivity index (χ0v) is 28.7. The Morgan fingerprint density at radius 3 is 2.46 bits per heavy atom. The normalized spacial score (nSPS) is 14.1. The molecule has 0 aromatic carbocycles. The van der Waals surface area contributed by atoms with Crippen LogP contribution in [0.3, 0.4) is 0 Å². The number of rotatable bonds is 15. The number of halogens is 3. The predicted octanol–water partition coefficient (Wildman–Crippen LogP) is 6.61. The number of pyridine rings is 3. The van der Waals surface area contributed by atoms with Crippen molar-refractivity contribution in [3.8, 4) is 17.1 Å². The standard InChI is InChI=1S/C35H42F3N7O5/c1-5-48-21-34(14-8-9-15-34)20-45(4)27-17-26(23-16-24(35(36,37)38)32(40-19-23)50-7-3)41-30-29(27)42-33(43-30)44-31(47)25-12-10-22(18-39-25)11-13-28(46)49-6-2/h10,12,16-19H,5-9,11,13-15,20-21H2,1-4H3,(H2,41,42,43,44,47). The average molecular weight is 698 g/mol. The van der Waals surface area contributed by atoms with Gasteiger partial charge in [0.25, 0.3) is 5.91 Å². The summed E-state index contributed by atoms with van der Waals surface area (Å²) in [5.74, 6) is -1.27. The maximum absolute atomic E-state index is 14.0. The highest BCUT2D eigenvalue weighted by atomic mass is 19.4. The van der Waals surface area contributed by atoms with Gasteiger partial charge in [-0.1, -0.05) is 18.9 Å². The summed E-state index contributed by atoms with van der Waals surface area (Å²) in [6, 6.07) is 5.93. The molecule has 0 bridgehead atoms. The van der Waals surface area contributed by atoms with Crippen molar-refractivity contribution in [1.29, 1.82) is 0 Å². The van der Waals surface area contributed by atoms with Crippen LogP contribution in [-0.2, 0) is 26.9 Å². The van der Waals surface area contributed by atoms with Crippen LogP contribution in [0.4, 0.5) is 24.8 Å². The second-order valence-corrected chi connectivity index (χ2v) is 12.3. The fraction of sp³-hybridized carbons (Fsp3) is 0.486. The molecule has 0 aliphatic heterocycles. The molecule has 12 nitrogen and oxygen atoms in total. The van der Waals surface area contributed by atoms with E-state index in [0.717, 1.165) is 37.3 Å². The number of amides is 1. The van der Waals surface area contributed by atoms with Crippen molar-refractivity contribution in [3.63, 3.8) is 0 Å². The van der Waals surface area contributed by atoms with E-state index in [-0.39, 0.29) is 53.0 Å². The zero-order valence-electron chi connectivity index (χ0n) is 28.7. The van der Waals surface area contributed by atoms with Gasteiger partial charge in [0.05, 0.1) is 31.2 Å². The molecule has 0 spiro atoms. The zero-order chi connectivity index (χ0) is 35.9. The summed E-state index contributed by atoms with van der Waals surface area (Å²) >= 11 is 0. The Bertz CT molecular complexity index is 1790. The first-order valence-electron chi connectivity index (χ1n) is 16.8. The van der Waals surface area contributed by atoms with Crippen molar-refractivity contribution in [3.05, 3.63) is 53.5 Å². The van der Waals surface area contributed by atoms with Crippen LogP contribution in [0.25, 0.3) is 22.4 Å². The third-order valence-electron chi connectivity index (χ3n) is 8.65. The van der Waals surface area contributed by atoms with E-state index in [1.165, 1.54) is 12.4 Å². The van der Waals surface area contributed by atoms with E-state index in [2.05, 4.69) is 30.2 Å². The van der Waals surface area contributed by atoms with E-state index in [1.54, 1.807) is 32.0 Å². The van der Waals surface area contributed by atoms with Crippen LogP contribution in [0.1, 0.15) is 74.5 Å². The molecule has 0 unspecified atom stereocenters. The van der Waals surface area contributed by atoms with E-state index in [9.17, 15) is 22.8 Å². The van der Waals surface area contributed by atoms with Crippen molar-refractivity contribution in [1.82, 2.24) is 24.9 Å². The Kier molecular flexibility index (Phi) is 11.6. The minimum Gasteiger partial charge on any atom is -0.478 e. The first-order valence-corrected chi connectivity index (χ1v) is 16.8. The first-order chi connectivity index (χ1) is 23.9. The van der Waals surface area contributed by atoms with Crippen LogP contribution < -0.4 is 15.0 Å². The van der Waals surface area contributed by atoms with Gasteiger partial charge >= 0.3 is 12.1 Å². The monoisotopic (exact) mass is 697 g/mol. The molecule has 4 aromatic heterocycles. The number of imidazole rings is 1. The Morgan fingerprint density at radius 2 is 1.80 bits per heavy atom. The van der Waals surface area contributed by atoms with Crippen molar-refractivity contribution in [2.24, 2.45) is 5.41 Å². The maximum Gasteiger partial charge on any atom is 0.421 e. The Hall–Kier alpha value is -4.79. The first kappa shape index (κ1) is 36.5. The summed E-state index contributed by atoms with van der Waals surface area (Å²) in [6.07, 6.45) is 2.85. The molecule has 15 heteroatoms. The Labute approximate surface area is 288 Å². The van der Waals surface area contributed by atoms with Gasteiger partial charge in [-0.3, -0.25) is 19.9 Å². The van der Waals surface area contributed by atoms with Crippen molar-refractivity contribution in [2.45, 2.75) is 65.5 Å².